The van der Waals surface area contributed by atoms with Gasteiger partial charge in [-0.05, 0) is 83.5 Å². The number of carbonyl (C=O) groups excluding carboxylic acids is 2. The molecule has 1 aliphatic rings. The lowest BCUT2D eigenvalue weighted by Gasteiger charge is -2.40. The molecule has 11 heteroatoms. The number of ether oxygens (including phenoxy) is 3. The standard InChI is InChI=1S/C59H105NO10/c1-3-5-7-9-11-13-15-23-27-31-35-39-43-47-55(64)68-48-44-40-36-32-28-25-22-20-18-16-17-19-21-24-26-30-34-38-42-46-54(63)60-51(50-69-59-58(67)57(66)56(65)53(49-61)70-59)52(62)45-41-37-33-29-14-12-10-8-6-4-2/h6,8,14,20,22,25,28-29,41,45,51-53,56-59,61-62,65-67H,3-5,7,9-13,15-19,21,23-24,26-27,30-40,42-44,46-50H2,1-2H3,(H,60,63)/b8-6+,22-20-,28-25-,29-14+,45-41+. The molecule has 0 aromatic rings. The van der Waals surface area contributed by atoms with Crippen molar-refractivity contribution in [2.45, 2.75) is 281 Å². The lowest BCUT2D eigenvalue weighted by Crippen LogP contribution is -2.60. The summed E-state index contributed by atoms with van der Waals surface area (Å²) in [7, 11) is 0. The van der Waals surface area contributed by atoms with Crippen LogP contribution >= 0.6 is 0 Å². The number of esters is 1. The Kier molecular flexibility index (Phi) is 45.4. The maximum atomic E-state index is 13.0. The van der Waals surface area contributed by atoms with Crippen LogP contribution < -0.4 is 5.32 Å². The highest BCUT2D eigenvalue weighted by Crippen LogP contribution is 2.23. The van der Waals surface area contributed by atoms with Crippen LogP contribution in [0.4, 0.5) is 0 Å². The van der Waals surface area contributed by atoms with Gasteiger partial charge < -0.3 is 45.1 Å². The minimum atomic E-state index is -1.58. The Morgan fingerprint density at radius 1 is 0.543 bits per heavy atom. The molecule has 7 unspecified atom stereocenters. The summed E-state index contributed by atoms with van der Waals surface area (Å²) in [4.78, 5) is 25.0. The first-order valence-electron chi connectivity index (χ1n) is 28.6. The van der Waals surface area contributed by atoms with Gasteiger partial charge >= 0.3 is 5.97 Å². The molecule has 0 saturated carbocycles. The number of carbonyl (C=O) groups is 2. The van der Waals surface area contributed by atoms with E-state index in [4.69, 9.17) is 14.2 Å². The van der Waals surface area contributed by atoms with Gasteiger partial charge in [0.25, 0.3) is 0 Å². The van der Waals surface area contributed by atoms with Crippen LogP contribution in [-0.2, 0) is 23.8 Å². The normalized spacial score (nSPS) is 19.7. The summed E-state index contributed by atoms with van der Waals surface area (Å²) < 4.78 is 16.6. The average molecular weight is 988 g/mol. The van der Waals surface area contributed by atoms with Gasteiger partial charge in [0, 0.05) is 12.8 Å². The Bertz CT molecular complexity index is 1350. The Balaban J connectivity index is 2.10. The average Bonchev–Trinajstić information content (AvgIpc) is 3.36. The maximum Gasteiger partial charge on any atom is 0.305 e. The van der Waals surface area contributed by atoms with E-state index < -0.39 is 49.5 Å². The molecule has 0 aliphatic carbocycles. The molecule has 70 heavy (non-hydrogen) atoms. The van der Waals surface area contributed by atoms with E-state index in [9.17, 15) is 35.1 Å². The fourth-order valence-electron chi connectivity index (χ4n) is 8.58. The summed E-state index contributed by atoms with van der Waals surface area (Å²) in [6.45, 7) is 4.14. The number of aliphatic hydroxyl groups is 5. The summed E-state index contributed by atoms with van der Waals surface area (Å²) in [5, 5.41) is 54.1. The number of rotatable bonds is 48. The second-order valence-electron chi connectivity index (χ2n) is 19.6. The number of hydrogen-bond acceptors (Lipinski definition) is 10. The zero-order valence-electron chi connectivity index (χ0n) is 44.5. The summed E-state index contributed by atoms with van der Waals surface area (Å²) >= 11 is 0. The van der Waals surface area contributed by atoms with E-state index in [2.05, 4.69) is 67.8 Å². The minimum absolute atomic E-state index is 0.0287. The quantitative estimate of drug-likeness (QED) is 0.0149. The van der Waals surface area contributed by atoms with Crippen molar-refractivity contribution < 1.29 is 49.3 Å². The topological polar surface area (TPSA) is 175 Å². The number of allylic oxidation sites excluding steroid dienone is 9. The first-order chi connectivity index (χ1) is 34.2. The van der Waals surface area contributed by atoms with Crippen LogP contribution in [0, 0.1) is 0 Å². The minimum Gasteiger partial charge on any atom is -0.466 e. The lowest BCUT2D eigenvalue weighted by atomic mass is 9.99. The van der Waals surface area contributed by atoms with Crippen LogP contribution in [0.25, 0.3) is 0 Å². The van der Waals surface area contributed by atoms with Crippen molar-refractivity contribution >= 4 is 11.9 Å². The van der Waals surface area contributed by atoms with Crippen molar-refractivity contribution in [3.8, 4) is 0 Å². The summed E-state index contributed by atoms with van der Waals surface area (Å²) in [5.74, 6) is -0.239. The molecule has 0 spiro atoms. The Morgan fingerprint density at radius 3 is 1.54 bits per heavy atom. The molecule has 1 aliphatic heterocycles. The molecule has 11 nitrogen and oxygen atoms in total. The van der Waals surface area contributed by atoms with Crippen LogP contribution in [0.1, 0.15) is 239 Å². The molecule has 1 saturated heterocycles. The molecule has 6 N–H and O–H groups in total. The molecular weight excluding hydrogens is 883 g/mol. The predicted molar refractivity (Wildman–Crippen MR) is 287 cm³/mol. The zero-order valence-corrected chi connectivity index (χ0v) is 44.5. The second-order valence-corrected chi connectivity index (χ2v) is 19.6. The number of hydrogen-bond donors (Lipinski definition) is 6. The van der Waals surface area contributed by atoms with Gasteiger partial charge in [-0.25, -0.2) is 0 Å². The summed E-state index contributed by atoms with van der Waals surface area (Å²) in [6.07, 6.45) is 51.8. The summed E-state index contributed by atoms with van der Waals surface area (Å²) in [5.41, 5.74) is 0. The van der Waals surface area contributed by atoms with Gasteiger partial charge in [0.15, 0.2) is 6.29 Å². The van der Waals surface area contributed by atoms with Crippen molar-refractivity contribution in [2.75, 3.05) is 19.8 Å². The van der Waals surface area contributed by atoms with Crippen molar-refractivity contribution in [2.24, 2.45) is 0 Å². The second kappa shape index (κ2) is 48.6. The number of nitrogens with one attached hydrogen (secondary N) is 1. The molecular formula is C59H105NO10. The highest BCUT2D eigenvalue weighted by atomic mass is 16.7. The first kappa shape index (κ1) is 65.4. The number of amides is 1. The molecule has 0 aromatic heterocycles. The van der Waals surface area contributed by atoms with Crippen molar-refractivity contribution in [1.29, 1.82) is 0 Å². The van der Waals surface area contributed by atoms with E-state index in [0.29, 0.717) is 25.9 Å². The zero-order chi connectivity index (χ0) is 51.0. The number of unbranched alkanes of at least 4 members (excludes halogenated alkanes) is 27. The molecule has 1 amide bonds. The van der Waals surface area contributed by atoms with E-state index in [-0.39, 0.29) is 18.5 Å². The van der Waals surface area contributed by atoms with Crippen molar-refractivity contribution in [3.05, 3.63) is 60.8 Å². The maximum absolute atomic E-state index is 13.0. The smallest absolute Gasteiger partial charge is 0.305 e. The van der Waals surface area contributed by atoms with Crippen molar-refractivity contribution in [3.63, 3.8) is 0 Å². The van der Waals surface area contributed by atoms with Gasteiger partial charge in [-0.3, -0.25) is 9.59 Å². The third-order valence-electron chi connectivity index (χ3n) is 13.1. The Hall–Kier alpha value is -2.64. The predicted octanol–water partition coefficient (Wildman–Crippen LogP) is 12.7. The third kappa shape index (κ3) is 38.0. The fourth-order valence-corrected chi connectivity index (χ4v) is 8.58. The van der Waals surface area contributed by atoms with Gasteiger partial charge in [0.2, 0.25) is 5.91 Å². The molecule has 0 radical (unpaired) electrons. The monoisotopic (exact) mass is 988 g/mol. The van der Waals surface area contributed by atoms with E-state index in [1.807, 2.05) is 6.08 Å². The van der Waals surface area contributed by atoms with E-state index >= 15 is 0 Å². The molecule has 1 fully saturated rings. The molecule has 7 atom stereocenters. The fraction of sp³-hybridized carbons (Fsp3) is 0.797. The van der Waals surface area contributed by atoms with E-state index in [1.165, 1.54) is 109 Å². The number of aliphatic hydroxyl groups excluding tert-OH is 5. The Labute approximate surface area is 427 Å². The summed E-state index contributed by atoms with van der Waals surface area (Å²) in [6, 6.07) is -0.842. The van der Waals surface area contributed by atoms with Crippen LogP contribution in [-0.4, -0.2) is 100 Å². The highest BCUT2D eigenvalue weighted by molar-refractivity contribution is 5.76. The van der Waals surface area contributed by atoms with Crippen molar-refractivity contribution in [1.82, 2.24) is 5.32 Å². The van der Waals surface area contributed by atoms with Gasteiger partial charge in [-0.2, -0.15) is 0 Å². The van der Waals surface area contributed by atoms with E-state index in [0.717, 1.165) is 96.3 Å². The molecule has 406 valence electrons. The van der Waals surface area contributed by atoms with Crippen LogP contribution in [0.2, 0.25) is 0 Å². The lowest BCUT2D eigenvalue weighted by molar-refractivity contribution is -0.302. The first-order valence-corrected chi connectivity index (χ1v) is 28.6. The largest absolute Gasteiger partial charge is 0.466 e. The molecule has 1 rings (SSSR count). The highest BCUT2D eigenvalue weighted by Gasteiger charge is 2.44. The molecule has 1 heterocycles. The van der Waals surface area contributed by atoms with E-state index in [1.54, 1.807) is 6.08 Å². The molecule has 0 bridgehead atoms. The third-order valence-corrected chi connectivity index (χ3v) is 13.1. The van der Waals surface area contributed by atoms with Crippen LogP contribution in [0.3, 0.4) is 0 Å². The van der Waals surface area contributed by atoms with Gasteiger partial charge in [0.1, 0.15) is 24.4 Å². The van der Waals surface area contributed by atoms with Crippen LogP contribution in [0.5, 0.6) is 0 Å². The SMILES string of the molecule is CC/C=C/CC/C=C/CC/C=C/C(O)C(COC1OC(CO)C(O)C(O)C1O)NC(=O)CCCCCCCCCCCC/C=C\C=C/CCCCCOC(=O)CCCCCCCCCCCCCCC. The Morgan fingerprint density at radius 2 is 1.01 bits per heavy atom. The molecule has 0 aromatic carbocycles. The van der Waals surface area contributed by atoms with Crippen LogP contribution in [0.15, 0.2) is 60.8 Å². The van der Waals surface area contributed by atoms with Gasteiger partial charge in [-0.1, -0.05) is 203 Å². The van der Waals surface area contributed by atoms with Gasteiger partial charge in [0.05, 0.1) is 32.0 Å². The van der Waals surface area contributed by atoms with Gasteiger partial charge in [-0.15, -0.1) is 0 Å².